The number of methoxy groups -OCH3 is 4. The summed E-state index contributed by atoms with van der Waals surface area (Å²) < 4.78 is 32.1. The second kappa shape index (κ2) is 11.1. The first-order chi connectivity index (χ1) is 22.7. The lowest BCUT2D eigenvalue weighted by Crippen LogP contribution is -2.29. The highest BCUT2D eigenvalue weighted by molar-refractivity contribution is 6.34. The monoisotopic (exact) mass is 633 g/mol. The van der Waals surface area contributed by atoms with Gasteiger partial charge in [-0.1, -0.05) is 0 Å². The molecule has 0 atom stereocenters. The van der Waals surface area contributed by atoms with Gasteiger partial charge in [-0.25, -0.2) is 24.5 Å². The maximum Gasteiger partial charge on any atom is 0.347 e. The largest absolute Gasteiger partial charge is 0.493 e. The molecule has 2 amide bonds. The molecule has 0 saturated carbocycles. The van der Waals surface area contributed by atoms with Crippen LogP contribution in [0.5, 0.6) is 23.0 Å². The maximum atomic E-state index is 13.6. The van der Waals surface area contributed by atoms with Crippen molar-refractivity contribution in [2.75, 3.05) is 33.3 Å². The fourth-order valence-electron chi connectivity index (χ4n) is 5.41. The first-order valence-electron chi connectivity index (χ1n) is 14.0. The van der Waals surface area contributed by atoms with E-state index >= 15 is 0 Å². The topological polar surface area (TPSA) is 160 Å². The Morgan fingerprint density at radius 2 is 0.979 bits per heavy atom. The van der Waals surface area contributed by atoms with Gasteiger partial charge in [0.05, 0.1) is 67.1 Å². The summed E-state index contributed by atoms with van der Waals surface area (Å²) in [7, 11) is 5.85. The summed E-state index contributed by atoms with van der Waals surface area (Å²) >= 11 is 0. The van der Waals surface area contributed by atoms with Gasteiger partial charge in [-0.15, -0.1) is 0 Å². The Morgan fingerprint density at radius 1 is 0.532 bits per heavy atom. The molecule has 234 valence electrons. The van der Waals surface area contributed by atoms with E-state index in [2.05, 4.69) is 9.97 Å². The molecule has 0 bridgehead atoms. The third kappa shape index (κ3) is 4.72. The summed E-state index contributed by atoms with van der Waals surface area (Å²) in [5, 5.41) is 0.401. The number of rotatable bonds is 7. The summed E-state index contributed by atoms with van der Waals surface area (Å²) in [6, 6.07) is 16.8. The number of anilines is 1. The summed E-state index contributed by atoms with van der Waals surface area (Å²) in [6.45, 7) is 0. The molecule has 0 aliphatic carbocycles. The summed E-state index contributed by atoms with van der Waals surface area (Å²) in [4.78, 5) is 62.4. The average Bonchev–Trinajstić information content (AvgIpc) is 3.35. The second-order valence-corrected chi connectivity index (χ2v) is 10.3. The van der Waals surface area contributed by atoms with Crippen LogP contribution in [0.4, 0.5) is 5.69 Å². The van der Waals surface area contributed by atoms with Gasteiger partial charge in [0.2, 0.25) is 11.8 Å². The third-order valence-corrected chi connectivity index (χ3v) is 7.77. The molecule has 1 aliphatic heterocycles. The Hall–Kier alpha value is -6.50. The van der Waals surface area contributed by atoms with Gasteiger partial charge in [0.15, 0.2) is 23.0 Å². The van der Waals surface area contributed by atoms with Crippen molar-refractivity contribution in [1.29, 1.82) is 0 Å². The number of aromatic nitrogens is 2. The number of benzene rings is 4. The highest BCUT2D eigenvalue weighted by atomic mass is 16.5. The van der Waals surface area contributed by atoms with Gasteiger partial charge in [-0.3, -0.25) is 9.59 Å². The molecule has 0 unspecified atom stereocenters. The molecule has 0 saturated heterocycles. The molecular weight excluding hydrogens is 610 g/mol. The van der Waals surface area contributed by atoms with E-state index in [9.17, 15) is 19.2 Å². The van der Waals surface area contributed by atoms with Gasteiger partial charge in [0.1, 0.15) is 0 Å². The molecule has 0 radical (unpaired) electrons. The first-order valence-corrected chi connectivity index (χ1v) is 14.0. The quantitative estimate of drug-likeness (QED) is 0.220. The number of carbonyl (C=O) groups excluding carboxylic acids is 2. The fourth-order valence-corrected chi connectivity index (χ4v) is 5.41. The van der Waals surface area contributed by atoms with Crippen LogP contribution in [0.2, 0.25) is 0 Å². The zero-order chi connectivity index (χ0) is 33.0. The highest BCUT2D eigenvalue weighted by Crippen LogP contribution is 2.35. The predicted octanol–water partition coefficient (Wildman–Crippen LogP) is 4.86. The van der Waals surface area contributed by atoms with Crippen molar-refractivity contribution in [1.82, 2.24) is 9.97 Å². The van der Waals surface area contributed by atoms with E-state index < -0.39 is 23.1 Å². The summed E-state index contributed by atoms with van der Waals surface area (Å²) in [6.07, 6.45) is 0. The molecular formula is C34H23N3O10. The van der Waals surface area contributed by atoms with Gasteiger partial charge >= 0.3 is 11.3 Å². The van der Waals surface area contributed by atoms with Crippen molar-refractivity contribution in [2.45, 2.75) is 0 Å². The fraction of sp³-hybridized carbons (Fsp3) is 0.118. The number of carbonyl (C=O) groups is 2. The smallest absolute Gasteiger partial charge is 0.347 e. The van der Waals surface area contributed by atoms with E-state index in [1.807, 2.05) is 0 Å². The number of ether oxygens (including phenoxy) is 4. The van der Waals surface area contributed by atoms with Gasteiger partial charge in [-0.2, -0.15) is 0 Å². The van der Waals surface area contributed by atoms with Gasteiger partial charge in [0.25, 0.3) is 11.8 Å². The van der Waals surface area contributed by atoms with E-state index in [1.165, 1.54) is 52.7 Å². The van der Waals surface area contributed by atoms with E-state index in [0.717, 1.165) is 4.90 Å². The normalized spacial score (nSPS) is 12.5. The molecule has 3 heterocycles. The maximum absolute atomic E-state index is 13.6. The highest BCUT2D eigenvalue weighted by Gasteiger charge is 2.37. The van der Waals surface area contributed by atoms with Gasteiger partial charge in [0, 0.05) is 35.4 Å². The predicted molar refractivity (Wildman–Crippen MR) is 169 cm³/mol. The molecule has 0 N–H and O–H groups in total. The Labute approximate surface area is 264 Å². The number of hydrogen-bond acceptors (Lipinski definition) is 12. The van der Waals surface area contributed by atoms with Crippen molar-refractivity contribution in [3.05, 3.63) is 98.7 Å². The van der Waals surface area contributed by atoms with Crippen LogP contribution in [-0.2, 0) is 0 Å². The zero-order valence-electron chi connectivity index (χ0n) is 25.3. The van der Waals surface area contributed by atoms with Crippen molar-refractivity contribution in [3.63, 3.8) is 0 Å². The molecule has 7 rings (SSSR count). The van der Waals surface area contributed by atoms with Gasteiger partial charge < -0.3 is 27.8 Å². The number of hydrogen-bond donors (Lipinski definition) is 0. The van der Waals surface area contributed by atoms with Crippen LogP contribution in [0, 0.1) is 0 Å². The van der Waals surface area contributed by atoms with Crippen LogP contribution in [0.3, 0.4) is 0 Å². The molecule has 47 heavy (non-hydrogen) atoms. The molecule has 4 aromatic carbocycles. The Bertz CT molecular complexity index is 2400. The number of fused-ring (bicyclic) bond motifs is 3. The summed E-state index contributed by atoms with van der Waals surface area (Å²) in [5.74, 6) is 0.355. The van der Waals surface area contributed by atoms with E-state index in [4.69, 9.17) is 27.8 Å². The lowest BCUT2D eigenvalue weighted by Gasteiger charge is -2.14. The summed E-state index contributed by atoms with van der Waals surface area (Å²) in [5.41, 5.74) is 0.679. The van der Waals surface area contributed by atoms with Crippen molar-refractivity contribution in [2.24, 2.45) is 0 Å². The Balaban J connectivity index is 1.20. The molecule has 1 aliphatic rings. The van der Waals surface area contributed by atoms with Crippen LogP contribution < -0.4 is 35.1 Å². The Morgan fingerprint density at radius 3 is 1.49 bits per heavy atom. The van der Waals surface area contributed by atoms with Crippen molar-refractivity contribution in [3.8, 4) is 45.9 Å². The lowest BCUT2D eigenvalue weighted by molar-refractivity contribution is 0.0926. The molecule has 6 aromatic rings. The lowest BCUT2D eigenvalue weighted by atomic mass is 10.1. The average molecular weight is 634 g/mol. The zero-order valence-corrected chi connectivity index (χ0v) is 25.3. The van der Waals surface area contributed by atoms with Crippen LogP contribution in [-0.4, -0.2) is 50.2 Å². The molecule has 13 nitrogen and oxygen atoms in total. The molecule has 2 aromatic heterocycles. The Kier molecular flexibility index (Phi) is 6.93. The first kappa shape index (κ1) is 29.2. The van der Waals surface area contributed by atoms with Crippen LogP contribution in [0.1, 0.15) is 20.7 Å². The number of imide groups is 1. The minimum absolute atomic E-state index is 0.0358. The van der Waals surface area contributed by atoms with Crippen molar-refractivity contribution >= 4 is 39.3 Å². The van der Waals surface area contributed by atoms with Gasteiger partial charge in [-0.05, 0) is 42.5 Å². The van der Waals surface area contributed by atoms with Crippen LogP contribution in [0.25, 0.3) is 44.7 Å². The van der Waals surface area contributed by atoms with Crippen molar-refractivity contribution < 1.29 is 37.4 Å². The second-order valence-electron chi connectivity index (χ2n) is 10.3. The SMILES string of the molecule is COc1cc2nc(-c3ccc(N4C(=O)c5ccc(-c6nc7cc(OC)c(OC)cc7c(=O)o6)cc5C4=O)cc3)oc(=O)c2cc1OC. The van der Waals surface area contributed by atoms with Crippen LogP contribution in [0.15, 0.2) is 85.2 Å². The third-order valence-electron chi connectivity index (χ3n) is 7.77. The van der Waals surface area contributed by atoms with E-state index in [0.29, 0.717) is 45.2 Å². The minimum Gasteiger partial charge on any atom is -0.493 e. The molecule has 0 spiro atoms. The molecule has 13 heteroatoms. The molecule has 0 fully saturated rings. The number of amides is 2. The van der Waals surface area contributed by atoms with E-state index in [-0.39, 0.29) is 39.4 Å². The van der Waals surface area contributed by atoms with E-state index in [1.54, 1.807) is 42.5 Å². The standard InChI is InChI=1S/C34H23N3O10/c1-42-25-12-21-23(14-27(25)44-3)35-29(46-33(21)40)16-5-8-18(9-6-16)37-31(38)19-10-7-17(11-20(19)32(37)39)30-36-24-15-28(45-4)26(43-2)13-22(24)34(41)47-30/h5-15H,1-4H3. The minimum atomic E-state index is -0.661. The number of nitrogens with zero attached hydrogens (tertiary/aromatic N) is 3. The van der Waals surface area contributed by atoms with Crippen LogP contribution >= 0.6 is 0 Å².